The van der Waals surface area contributed by atoms with Crippen LogP contribution in [0.1, 0.15) is 45.4 Å². The Kier molecular flexibility index (Phi) is 7.36. The molecule has 0 aromatic heterocycles. The Labute approximate surface area is 133 Å². The summed E-state index contributed by atoms with van der Waals surface area (Å²) >= 11 is 0. The largest absolute Gasteiger partial charge is 0.480 e. The number of aliphatic carboxylic acids is 1. The molecule has 0 heterocycles. The summed E-state index contributed by atoms with van der Waals surface area (Å²) in [5, 5.41) is 12.3. The van der Waals surface area contributed by atoms with Gasteiger partial charge in [0.05, 0.1) is 6.04 Å². The van der Waals surface area contributed by atoms with Crippen LogP contribution in [0.15, 0.2) is 0 Å². The van der Waals surface area contributed by atoms with Gasteiger partial charge in [-0.3, -0.25) is 9.59 Å². The van der Waals surface area contributed by atoms with Gasteiger partial charge in [0.1, 0.15) is 13.4 Å². The van der Waals surface area contributed by atoms with Gasteiger partial charge in [-0.25, -0.2) is 0 Å². The van der Waals surface area contributed by atoms with E-state index in [9.17, 15) is 14.7 Å². The van der Waals surface area contributed by atoms with Gasteiger partial charge in [0.2, 0.25) is 5.91 Å². The first-order valence-electron chi connectivity index (χ1n) is 8.40. The predicted molar refractivity (Wildman–Crippen MR) is 89.2 cm³/mol. The van der Waals surface area contributed by atoms with E-state index in [2.05, 4.69) is 13.2 Å². The molecule has 0 aromatic rings. The van der Waals surface area contributed by atoms with E-state index in [0.29, 0.717) is 18.8 Å². The molecular weight excluding hydrogens is 281 g/mol. The molecule has 7 heteroatoms. The Morgan fingerprint density at radius 3 is 2.68 bits per heavy atom. The molecule has 0 aliphatic heterocycles. The molecule has 1 saturated carbocycles. The molecule has 126 valence electrons. The van der Waals surface area contributed by atoms with Gasteiger partial charge in [0.25, 0.3) is 0 Å². The monoisotopic (exact) mass is 311 g/mol. The maximum atomic E-state index is 11.9. The molecule has 0 radical (unpaired) electrons. The lowest BCUT2D eigenvalue weighted by atomic mass is 9.67. The summed E-state index contributed by atoms with van der Waals surface area (Å²) in [7, 11) is 2.10. The van der Waals surface area contributed by atoms with Gasteiger partial charge in [-0.2, -0.15) is 0 Å². The summed E-state index contributed by atoms with van der Waals surface area (Å²) in [6, 6.07) is -0.529. The van der Waals surface area contributed by atoms with Crippen molar-refractivity contribution in [2.24, 2.45) is 23.3 Å². The minimum absolute atomic E-state index is 0.217. The smallest absolute Gasteiger partial charge is 0.324 e. The second-order valence-corrected chi connectivity index (χ2v) is 6.62. The van der Waals surface area contributed by atoms with Crippen molar-refractivity contribution in [2.75, 3.05) is 6.54 Å². The number of carboxylic acid groups (broad SMARTS) is 1. The molecule has 1 amide bonds. The van der Waals surface area contributed by atoms with Gasteiger partial charge in [0, 0.05) is 12.5 Å². The average Bonchev–Trinajstić information content (AvgIpc) is 2.46. The van der Waals surface area contributed by atoms with E-state index >= 15 is 0 Å². The normalized spacial score (nSPS) is 29.8. The lowest BCUT2D eigenvalue weighted by molar-refractivity contribution is -0.148. The zero-order valence-corrected chi connectivity index (χ0v) is 13.8. The fourth-order valence-corrected chi connectivity index (χ4v) is 3.44. The second kappa shape index (κ2) is 8.53. The van der Waals surface area contributed by atoms with Crippen LogP contribution in [0.3, 0.4) is 0 Å². The van der Waals surface area contributed by atoms with Crippen LogP contribution in [-0.2, 0) is 9.59 Å². The first-order chi connectivity index (χ1) is 10.3. The maximum absolute atomic E-state index is 11.9. The van der Waals surface area contributed by atoms with Crippen molar-refractivity contribution < 1.29 is 14.7 Å². The van der Waals surface area contributed by atoms with Crippen molar-refractivity contribution >= 4 is 19.7 Å². The molecule has 0 aromatic carbocycles. The van der Waals surface area contributed by atoms with E-state index in [-0.39, 0.29) is 18.4 Å². The van der Waals surface area contributed by atoms with Crippen LogP contribution in [0.2, 0.25) is 6.32 Å². The Bertz CT molecular complexity index is 394. The molecule has 1 fully saturated rings. The highest BCUT2D eigenvalue weighted by molar-refractivity contribution is 6.08. The molecule has 6 nitrogen and oxygen atoms in total. The van der Waals surface area contributed by atoms with Crippen LogP contribution < -0.4 is 16.8 Å². The topological polar surface area (TPSA) is 118 Å². The van der Waals surface area contributed by atoms with E-state index in [0.717, 1.165) is 32.0 Å². The zero-order valence-electron chi connectivity index (χ0n) is 13.8. The second-order valence-electron chi connectivity index (χ2n) is 6.62. The molecule has 4 atom stereocenters. The molecule has 1 aliphatic rings. The lowest BCUT2D eigenvalue weighted by Crippen LogP contribution is -2.60. The molecule has 0 unspecified atom stereocenters. The number of nitrogens with one attached hydrogen (secondary N) is 1. The minimum atomic E-state index is -1.25. The summed E-state index contributed by atoms with van der Waals surface area (Å²) in [6.07, 6.45) is 5.70. The fraction of sp³-hybridized carbons (Fsp3) is 0.867. The molecule has 6 N–H and O–H groups in total. The quantitative estimate of drug-likeness (QED) is 0.466. The molecule has 1 rings (SSSR count). The van der Waals surface area contributed by atoms with E-state index < -0.39 is 17.6 Å². The van der Waals surface area contributed by atoms with E-state index in [1.54, 1.807) is 0 Å². The van der Waals surface area contributed by atoms with E-state index in [1.165, 1.54) is 0 Å². The highest BCUT2D eigenvalue weighted by atomic mass is 16.4. The van der Waals surface area contributed by atoms with Crippen molar-refractivity contribution in [1.82, 2.24) is 5.32 Å². The summed E-state index contributed by atoms with van der Waals surface area (Å²) in [4.78, 5) is 23.6. The molecule has 22 heavy (non-hydrogen) atoms. The molecule has 0 spiro atoms. The van der Waals surface area contributed by atoms with E-state index in [4.69, 9.17) is 11.5 Å². The molecule has 1 aliphatic carbocycles. The fourth-order valence-electron chi connectivity index (χ4n) is 3.44. The van der Waals surface area contributed by atoms with Gasteiger partial charge in [-0.1, -0.05) is 26.1 Å². The number of hydrogen-bond acceptors (Lipinski definition) is 4. The summed E-state index contributed by atoms with van der Waals surface area (Å²) in [5.74, 6) is -1.06. The number of rotatable bonds is 8. The molecule has 0 saturated heterocycles. The van der Waals surface area contributed by atoms with Crippen molar-refractivity contribution in [3.63, 3.8) is 0 Å². The highest BCUT2D eigenvalue weighted by Gasteiger charge is 2.46. The Morgan fingerprint density at radius 2 is 2.14 bits per heavy atom. The number of carboxylic acids is 1. The van der Waals surface area contributed by atoms with Crippen LogP contribution in [0.5, 0.6) is 0 Å². The Balaban J connectivity index is 2.64. The number of carbonyl (C=O) groups excluding carboxylic acids is 1. The van der Waals surface area contributed by atoms with Gasteiger partial charge < -0.3 is 21.9 Å². The predicted octanol–water partition coefficient (Wildman–Crippen LogP) is -0.130. The number of nitrogens with two attached hydrogens (primary N) is 2. The summed E-state index contributed by atoms with van der Waals surface area (Å²) in [5.41, 5.74) is 10.7. The van der Waals surface area contributed by atoms with E-state index in [1.807, 2.05) is 6.92 Å². The van der Waals surface area contributed by atoms with Gasteiger partial charge >= 0.3 is 5.97 Å². The Morgan fingerprint density at radius 1 is 1.45 bits per heavy atom. The van der Waals surface area contributed by atoms with Gasteiger partial charge in [-0.05, 0) is 31.6 Å². The van der Waals surface area contributed by atoms with Gasteiger partial charge in [0.15, 0.2) is 0 Å². The molecular formula is C15H30BN3O3. The van der Waals surface area contributed by atoms with Crippen LogP contribution in [0.25, 0.3) is 0 Å². The third-order valence-electron chi connectivity index (χ3n) is 4.83. The van der Waals surface area contributed by atoms with Crippen molar-refractivity contribution in [2.45, 2.75) is 63.3 Å². The number of amides is 1. The van der Waals surface area contributed by atoms with Crippen molar-refractivity contribution in [3.05, 3.63) is 0 Å². The zero-order chi connectivity index (χ0) is 16.8. The number of hydrogen-bond donors (Lipinski definition) is 4. The maximum Gasteiger partial charge on any atom is 0.324 e. The van der Waals surface area contributed by atoms with Crippen LogP contribution >= 0.6 is 0 Å². The third-order valence-corrected chi connectivity index (χ3v) is 4.83. The Hall–Kier alpha value is -1.08. The SMILES string of the molecule is BCC[C@@H]1CC[C@@H](CNC(=O)[C@@H](N)CCC)[C@@](N)(C(=O)O)C1. The summed E-state index contributed by atoms with van der Waals surface area (Å²) in [6.45, 7) is 2.26. The van der Waals surface area contributed by atoms with Crippen LogP contribution in [0, 0.1) is 11.8 Å². The first-order valence-corrected chi connectivity index (χ1v) is 8.40. The van der Waals surface area contributed by atoms with Gasteiger partial charge in [-0.15, -0.1) is 0 Å². The standard InChI is InChI=1S/C15H30BN3O3/c1-2-3-12(17)13(20)19-9-11-5-4-10(6-7-16)8-15(11,18)14(21)22/h10-12H,2-9,16-18H2,1H3,(H,19,20)(H,21,22)/t10-,11-,12-,15+/m0/s1. The molecule has 0 bridgehead atoms. The average molecular weight is 311 g/mol. The number of carbonyl (C=O) groups is 2. The lowest BCUT2D eigenvalue weighted by Gasteiger charge is -2.41. The minimum Gasteiger partial charge on any atom is -0.480 e. The summed E-state index contributed by atoms with van der Waals surface area (Å²) < 4.78 is 0. The highest BCUT2D eigenvalue weighted by Crippen LogP contribution is 2.37. The van der Waals surface area contributed by atoms with Crippen LogP contribution in [-0.4, -0.2) is 43.0 Å². The third kappa shape index (κ3) is 4.71. The van der Waals surface area contributed by atoms with Crippen molar-refractivity contribution in [3.8, 4) is 0 Å². The first kappa shape index (κ1) is 19.0. The van der Waals surface area contributed by atoms with Crippen LogP contribution in [0.4, 0.5) is 0 Å². The van der Waals surface area contributed by atoms with Crippen molar-refractivity contribution in [1.29, 1.82) is 0 Å².